The maximum Gasteiger partial charge on any atom is 0.239 e. The minimum absolute atomic E-state index is 0.121. The topological polar surface area (TPSA) is 63.2 Å². The molecule has 136 valence electrons. The van der Waals surface area contributed by atoms with Crippen molar-refractivity contribution in [1.82, 2.24) is 10.4 Å². The zero-order valence-electron chi connectivity index (χ0n) is 13.7. The highest BCUT2D eigenvalue weighted by Gasteiger charge is 2.12. The average molecular weight is 428 g/mol. The number of aromatic nitrogens is 1. The van der Waals surface area contributed by atoms with Crippen molar-refractivity contribution in [2.24, 2.45) is 0 Å². The van der Waals surface area contributed by atoms with Crippen LogP contribution in [-0.2, 0) is 4.79 Å². The first-order chi connectivity index (χ1) is 12.6. The van der Waals surface area contributed by atoms with E-state index in [-0.39, 0.29) is 5.91 Å². The Labute approximate surface area is 169 Å². The standard InChI is InChI=1S/C17H15Cl2N3O2S2/c1-24-13-7-6-12(19)16-15(13)20-17(26-16)22-21-14(23)8-9-25-11-4-2-10(18)3-5-11/h2-7H,8-9H2,1H3,(H,20,22)(H,21,23). The van der Waals surface area contributed by atoms with Crippen molar-refractivity contribution in [2.45, 2.75) is 11.3 Å². The predicted octanol–water partition coefficient (Wildman–Crippen LogP) is 5.24. The van der Waals surface area contributed by atoms with Crippen LogP contribution in [0.5, 0.6) is 5.75 Å². The Hall–Kier alpha value is -1.67. The van der Waals surface area contributed by atoms with Crippen LogP contribution < -0.4 is 15.6 Å². The molecule has 0 saturated carbocycles. The van der Waals surface area contributed by atoms with E-state index in [9.17, 15) is 4.79 Å². The summed E-state index contributed by atoms with van der Waals surface area (Å²) in [5.41, 5.74) is 6.16. The molecule has 0 spiro atoms. The van der Waals surface area contributed by atoms with Gasteiger partial charge in [0.1, 0.15) is 11.3 Å². The van der Waals surface area contributed by atoms with Crippen molar-refractivity contribution < 1.29 is 9.53 Å². The second-order valence-electron chi connectivity index (χ2n) is 5.17. The highest BCUT2D eigenvalue weighted by atomic mass is 35.5. The number of halogens is 2. The molecule has 26 heavy (non-hydrogen) atoms. The van der Waals surface area contributed by atoms with E-state index in [0.717, 1.165) is 9.60 Å². The molecule has 0 aliphatic rings. The van der Waals surface area contributed by atoms with E-state index >= 15 is 0 Å². The van der Waals surface area contributed by atoms with E-state index in [4.69, 9.17) is 27.9 Å². The Morgan fingerprint density at radius 1 is 1.23 bits per heavy atom. The van der Waals surface area contributed by atoms with Gasteiger partial charge in [-0.1, -0.05) is 34.5 Å². The van der Waals surface area contributed by atoms with Gasteiger partial charge in [0.2, 0.25) is 11.0 Å². The number of nitrogens with one attached hydrogen (secondary N) is 2. The maximum absolute atomic E-state index is 12.0. The number of hydrogen-bond acceptors (Lipinski definition) is 6. The average Bonchev–Trinajstić information content (AvgIpc) is 3.07. The summed E-state index contributed by atoms with van der Waals surface area (Å²) < 4.78 is 6.09. The van der Waals surface area contributed by atoms with Crippen molar-refractivity contribution >= 4 is 67.6 Å². The largest absolute Gasteiger partial charge is 0.494 e. The third kappa shape index (κ3) is 4.73. The molecule has 2 aromatic carbocycles. The van der Waals surface area contributed by atoms with Gasteiger partial charge in [-0.3, -0.25) is 15.6 Å². The van der Waals surface area contributed by atoms with Crippen LogP contribution in [0.1, 0.15) is 6.42 Å². The van der Waals surface area contributed by atoms with Crippen LogP contribution in [-0.4, -0.2) is 23.8 Å². The number of amides is 1. The van der Waals surface area contributed by atoms with Gasteiger partial charge in [0.05, 0.1) is 16.8 Å². The summed E-state index contributed by atoms with van der Waals surface area (Å²) in [7, 11) is 1.58. The minimum Gasteiger partial charge on any atom is -0.494 e. The zero-order valence-corrected chi connectivity index (χ0v) is 16.9. The van der Waals surface area contributed by atoms with Gasteiger partial charge < -0.3 is 4.74 Å². The Balaban J connectivity index is 1.52. The Morgan fingerprint density at radius 2 is 2.00 bits per heavy atom. The van der Waals surface area contributed by atoms with Crippen LogP contribution in [0.15, 0.2) is 41.3 Å². The van der Waals surface area contributed by atoms with Gasteiger partial charge in [0, 0.05) is 22.1 Å². The van der Waals surface area contributed by atoms with Gasteiger partial charge in [-0.05, 0) is 36.4 Å². The number of ether oxygens (including phenoxy) is 1. The fourth-order valence-corrected chi connectivity index (χ4v) is 4.24. The molecule has 1 aromatic heterocycles. The molecular weight excluding hydrogens is 413 g/mol. The third-order valence-electron chi connectivity index (χ3n) is 3.40. The predicted molar refractivity (Wildman–Crippen MR) is 110 cm³/mol. The monoisotopic (exact) mass is 427 g/mol. The van der Waals surface area contributed by atoms with E-state index in [1.807, 2.05) is 24.3 Å². The minimum atomic E-state index is -0.121. The maximum atomic E-state index is 12.0. The fraction of sp³-hybridized carbons (Fsp3) is 0.176. The van der Waals surface area contributed by atoms with Crippen molar-refractivity contribution in [2.75, 3.05) is 18.3 Å². The molecule has 2 N–H and O–H groups in total. The van der Waals surface area contributed by atoms with Gasteiger partial charge >= 0.3 is 0 Å². The summed E-state index contributed by atoms with van der Waals surface area (Å²) in [6.45, 7) is 0. The fourth-order valence-electron chi connectivity index (χ4n) is 2.15. The molecule has 1 heterocycles. The molecule has 0 aliphatic heterocycles. The second kappa shape index (κ2) is 8.81. The molecule has 3 rings (SSSR count). The normalized spacial score (nSPS) is 10.7. The zero-order chi connectivity index (χ0) is 18.5. The molecule has 0 atom stereocenters. The first-order valence-corrected chi connectivity index (χ1v) is 10.2. The number of anilines is 1. The number of methoxy groups -OCH3 is 1. The van der Waals surface area contributed by atoms with E-state index in [2.05, 4.69) is 15.8 Å². The smallest absolute Gasteiger partial charge is 0.239 e. The lowest BCUT2D eigenvalue weighted by Gasteiger charge is -2.05. The number of thioether (sulfide) groups is 1. The molecule has 0 saturated heterocycles. The number of hydrazine groups is 1. The van der Waals surface area contributed by atoms with Crippen molar-refractivity contribution in [3.8, 4) is 5.75 Å². The number of thiazole rings is 1. The van der Waals surface area contributed by atoms with Crippen molar-refractivity contribution in [3.63, 3.8) is 0 Å². The summed E-state index contributed by atoms with van der Waals surface area (Å²) >= 11 is 15.0. The van der Waals surface area contributed by atoms with Gasteiger partial charge in [0.25, 0.3) is 0 Å². The van der Waals surface area contributed by atoms with E-state index in [1.54, 1.807) is 31.0 Å². The summed E-state index contributed by atoms with van der Waals surface area (Å²) in [6.07, 6.45) is 0.370. The molecule has 3 aromatic rings. The van der Waals surface area contributed by atoms with Crippen LogP contribution in [0.2, 0.25) is 10.0 Å². The van der Waals surface area contributed by atoms with E-state index in [0.29, 0.717) is 38.6 Å². The highest BCUT2D eigenvalue weighted by Crippen LogP contribution is 2.37. The number of carbonyl (C=O) groups is 1. The third-order valence-corrected chi connectivity index (χ3v) is 6.10. The summed E-state index contributed by atoms with van der Waals surface area (Å²) in [6, 6.07) is 11.1. The van der Waals surface area contributed by atoms with Crippen LogP contribution in [0.3, 0.4) is 0 Å². The van der Waals surface area contributed by atoms with E-state index in [1.165, 1.54) is 11.3 Å². The Kier molecular flexibility index (Phi) is 6.48. The van der Waals surface area contributed by atoms with Crippen molar-refractivity contribution in [1.29, 1.82) is 0 Å². The highest BCUT2D eigenvalue weighted by molar-refractivity contribution is 7.99. The van der Waals surface area contributed by atoms with Crippen LogP contribution in [0.25, 0.3) is 10.2 Å². The number of benzene rings is 2. The number of fused-ring (bicyclic) bond motifs is 1. The first-order valence-electron chi connectivity index (χ1n) is 7.63. The lowest BCUT2D eigenvalue weighted by Crippen LogP contribution is -2.29. The number of carbonyl (C=O) groups excluding carboxylic acids is 1. The van der Waals surface area contributed by atoms with Gasteiger partial charge in [0.15, 0.2) is 0 Å². The molecule has 0 bridgehead atoms. The van der Waals surface area contributed by atoms with Gasteiger partial charge in [-0.25, -0.2) is 4.98 Å². The Morgan fingerprint density at radius 3 is 2.73 bits per heavy atom. The number of nitrogens with zero attached hydrogens (tertiary/aromatic N) is 1. The quantitative estimate of drug-likeness (QED) is 0.398. The van der Waals surface area contributed by atoms with Crippen LogP contribution in [0.4, 0.5) is 5.13 Å². The lowest BCUT2D eigenvalue weighted by molar-refractivity contribution is -0.120. The molecule has 5 nitrogen and oxygen atoms in total. The summed E-state index contributed by atoms with van der Waals surface area (Å²) in [5.74, 6) is 1.18. The van der Waals surface area contributed by atoms with Crippen LogP contribution in [0, 0.1) is 0 Å². The molecule has 0 fully saturated rings. The number of rotatable bonds is 7. The molecular formula is C17H15Cl2N3O2S2. The van der Waals surface area contributed by atoms with Gasteiger partial charge in [-0.2, -0.15) is 0 Å². The lowest BCUT2D eigenvalue weighted by atomic mass is 10.3. The van der Waals surface area contributed by atoms with Gasteiger partial charge in [-0.15, -0.1) is 11.8 Å². The summed E-state index contributed by atoms with van der Waals surface area (Å²) in [5, 5.41) is 1.84. The molecule has 0 aliphatic carbocycles. The first kappa shape index (κ1) is 19.1. The number of hydrogen-bond donors (Lipinski definition) is 2. The molecule has 9 heteroatoms. The molecule has 0 radical (unpaired) electrons. The molecule has 0 unspecified atom stereocenters. The Bertz CT molecular complexity index is 916. The summed E-state index contributed by atoms with van der Waals surface area (Å²) in [4.78, 5) is 17.5. The SMILES string of the molecule is COc1ccc(Cl)c2sc(NNC(=O)CCSc3ccc(Cl)cc3)nc12. The molecule has 1 amide bonds. The van der Waals surface area contributed by atoms with E-state index < -0.39 is 0 Å². The second-order valence-corrected chi connectivity index (χ2v) is 8.18. The van der Waals surface area contributed by atoms with Crippen molar-refractivity contribution in [3.05, 3.63) is 46.4 Å². The van der Waals surface area contributed by atoms with Crippen LogP contribution >= 0.6 is 46.3 Å².